The maximum atomic E-state index is 12.4. The molecule has 2 heterocycles. The first kappa shape index (κ1) is 16.2. The molecule has 0 radical (unpaired) electrons. The van der Waals surface area contributed by atoms with Crippen LogP contribution in [0.15, 0.2) is 24.3 Å². The molecule has 3 N–H and O–H groups in total. The lowest BCUT2D eigenvalue weighted by Crippen LogP contribution is -2.54. The van der Waals surface area contributed by atoms with Crippen molar-refractivity contribution in [2.45, 2.75) is 37.3 Å². The van der Waals surface area contributed by atoms with Gasteiger partial charge >= 0.3 is 0 Å². The molecule has 0 saturated carbocycles. The molecule has 6 nitrogen and oxygen atoms in total. The van der Waals surface area contributed by atoms with Crippen LogP contribution in [0.1, 0.15) is 25.7 Å². The Morgan fingerprint density at radius 3 is 2.91 bits per heavy atom. The van der Waals surface area contributed by atoms with E-state index < -0.39 is 5.54 Å². The number of hydrogen-bond donors (Lipinski definition) is 2. The molecule has 2 aliphatic heterocycles. The van der Waals surface area contributed by atoms with E-state index in [1.165, 1.54) is 0 Å². The van der Waals surface area contributed by atoms with Gasteiger partial charge in [0.1, 0.15) is 17.9 Å². The van der Waals surface area contributed by atoms with Crippen molar-refractivity contribution in [1.82, 2.24) is 0 Å². The van der Waals surface area contributed by atoms with E-state index in [2.05, 4.69) is 5.32 Å². The highest BCUT2D eigenvalue weighted by molar-refractivity contribution is 5.98. The minimum absolute atomic E-state index is 0.169. The highest BCUT2D eigenvalue weighted by atomic mass is 16.5. The quantitative estimate of drug-likeness (QED) is 0.863. The number of anilines is 1. The minimum Gasteiger partial charge on any atom is -0.491 e. The van der Waals surface area contributed by atoms with Crippen molar-refractivity contribution >= 4 is 11.6 Å². The van der Waals surface area contributed by atoms with E-state index in [4.69, 9.17) is 19.9 Å². The van der Waals surface area contributed by atoms with Gasteiger partial charge in [-0.15, -0.1) is 0 Å². The van der Waals surface area contributed by atoms with E-state index in [-0.39, 0.29) is 12.0 Å². The lowest BCUT2D eigenvalue weighted by Gasteiger charge is -2.31. The summed E-state index contributed by atoms with van der Waals surface area (Å²) in [6, 6.07) is 7.37. The van der Waals surface area contributed by atoms with Crippen molar-refractivity contribution in [3.63, 3.8) is 0 Å². The summed E-state index contributed by atoms with van der Waals surface area (Å²) < 4.78 is 16.6. The number of rotatable bonds is 5. The molecule has 3 rings (SSSR count). The summed E-state index contributed by atoms with van der Waals surface area (Å²) in [5.74, 6) is 0.549. The zero-order chi connectivity index (χ0) is 16.1. The van der Waals surface area contributed by atoms with Gasteiger partial charge in [-0.3, -0.25) is 4.79 Å². The summed E-state index contributed by atoms with van der Waals surface area (Å²) in [6.07, 6.45) is 3.37. The third-order valence-electron chi connectivity index (χ3n) is 4.39. The van der Waals surface area contributed by atoms with Crippen molar-refractivity contribution in [2.24, 2.45) is 5.73 Å². The number of ether oxygens (including phenoxy) is 3. The average molecular weight is 320 g/mol. The molecule has 0 spiro atoms. The standard InChI is InChI=1S/C17H24N2O4/c18-17(6-9-21-10-7-17)16(20)19-13-3-1-4-14(11-13)23-12-15-5-2-8-22-15/h1,3-4,11,15H,2,5-10,12,18H2,(H,19,20). The maximum Gasteiger partial charge on any atom is 0.244 e. The fraction of sp³-hybridized carbons (Fsp3) is 0.588. The first-order chi connectivity index (χ1) is 11.2. The number of carbonyl (C=O) groups is 1. The Labute approximate surface area is 136 Å². The Hall–Kier alpha value is -1.63. The number of hydrogen-bond acceptors (Lipinski definition) is 5. The molecule has 126 valence electrons. The van der Waals surface area contributed by atoms with Crippen molar-refractivity contribution < 1.29 is 19.0 Å². The Morgan fingerprint density at radius 1 is 1.35 bits per heavy atom. The van der Waals surface area contributed by atoms with Gasteiger partial charge in [0, 0.05) is 31.6 Å². The van der Waals surface area contributed by atoms with Crippen LogP contribution in [-0.2, 0) is 14.3 Å². The highest BCUT2D eigenvalue weighted by Crippen LogP contribution is 2.23. The van der Waals surface area contributed by atoms with Crippen LogP contribution in [0.3, 0.4) is 0 Å². The van der Waals surface area contributed by atoms with E-state index in [9.17, 15) is 4.79 Å². The van der Waals surface area contributed by atoms with E-state index in [1.807, 2.05) is 24.3 Å². The summed E-state index contributed by atoms with van der Waals surface area (Å²) in [6.45, 7) is 2.39. The van der Waals surface area contributed by atoms with Gasteiger partial charge in [0.2, 0.25) is 5.91 Å². The van der Waals surface area contributed by atoms with Crippen LogP contribution < -0.4 is 15.8 Å². The van der Waals surface area contributed by atoms with Gasteiger partial charge in [0.05, 0.1) is 6.10 Å². The van der Waals surface area contributed by atoms with Crippen LogP contribution in [0.25, 0.3) is 0 Å². The molecule has 2 saturated heterocycles. The topological polar surface area (TPSA) is 82.8 Å². The van der Waals surface area contributed by atoms with Crippen LogP contribution in [0, 0.1) is 0 Å². The summed E-state index contributed by atoms with van der Waals surface area (Å²) in [4.78, 5) is 12.4. The third-order valence-corrected chi connectivity index (χ3v) is 4.39. The predicted octanol–water partition coefficient (Wildman–Crippen LogP) is 1.69. The second kappa shape index (κ2) is 7.29. The lowest BCUT2D eigenvalue weighted by molar-refractivity contribution is -0.124. The van der Waals surface area contributed by atoms with Crippen LogP contribution in [-0.4, -0.2) is 44.0 Å². The smallest absolute Gasteiger partial charge is 0.244 e. The molecule has 1 atom stereocenters. The molecular weight excluding hydrogens is 296 g/mol. The summed E-state index contributed by atoms with van der Waals surface area (Å²) >= 11 is 0. The van der Waals surface area contributed by atoms with Gasteiger partial charge in [-0.1, -0.05) is 6.07 Å². The van der Waals surface area contributed by atoms with Crippen molar-refractivity contribution in [2.75, 3.05) is 31.7 Å². The first-order valence-electron chi connectivity index (χ1n) is 8.18. The van der Waals surface area contributed by atoms with Gasteiger partial charge in [0.15, 0.2) is 0 Å². The molecule has 2 aliphatic rings. The first-order valence-corrected chi connectivity index (χ1v) is 8.18. The zero-order valence-electron chi connectivity index (χ0n) is 13.3. The van der Waals surface area contributed by atoms with Gasteiger partial charge in [-0.2, -0.15) is 0 Å². The molecule has 1 unspecified atom stereocenters. The van der Waals surface area contributed by atoms with Gasteiger partial charge in [-0.25, -0.2) is 0 Å². The highest BCUT2D eigenvalue weighted by Gasteiger charge is 2.35. The number of nitrogens with two attached hydrogens (primary N) is 1. The lowest BCUT2D eigenvalue weighted by atomic mass is 9.90. The van der Waals surface area contributed by atoms with Crippen LogP contribution in [0.2, 0.25) is 0 Å². The number of carbonyl (C=O) groups excluding carboxylic acids is 1. The molecule has 0 bridgehead atoms. The Balaban J connectivity index is 1.57. The second-order valence-electron chi connectivity index (χ2n) is 6.20. The molecule has 6 heteroatoms. The molecule has 23 heavy (non-hydrogen) atoms. The maximum absolute atomic E-state index is 12.4. The Morgan fingerprint density at radius 2 is 2.17 bits per heavy atom. The fourth-order valence-electron chi connectivity index (χ4n) is 2.85. The number of nitrogens with one attached hydrogen (secondary N) is 1. The summed E-state index contributed by atoms with van der Waals surface area (Å²) in [5.41, 5.74) is 6.03. The molecule has 0 aliphatic carbocycles. The molecule has 1 aromatic carbocycles. The van der Waals surface area contributed by atoms with E-state index in [0.717, 1.165) is 25.2 Å². The van der Waals surface area contributed by atoms with Crippen LogP contribution in [0.5, 0.6) is 5.75 Å². The minimum atomic E-state index is -0.854. The summed E-state index contributed by atoms with van der Waals surface area (Å²) in [5, 5.41) is 2.89. The summed E-state index contributed by atoms with van der Waals surface area (Å²) in [7, 11) is 0. The van der Waals surface area contributed by atoms with Crippen LogP contribution in [0.4, 0.5) is 5.69 Å². The third kappa shape index (κ3) is 4.22. The fourth-order valence-corrected chi connectivity index (χ4v) is 2.85. The predicted molar refractivity (Wildman–Crippen MR) is 86.5 cm³/mol. The molecule has 0 aromatic heterocycles. The van der Waals surface area contributed by atoms with Gasteiger partial charge in [0.25, 0.3) is 0 Å². The van der Waals surface area contributed by atoms with Gasteiger partial charge in [-0.05, 0) is 37.8 Å². The SMILES string of the molecule is NC1(C(=O)Nc2cccc(OCC3CCCO3)c2)CCOCC1. The number of benzene rings is 1. The van der Waals surface area contributed by atoms with Gasteiger partial charge < -0.3 is 25.3 Å². The van der Waals surface area contributed by atoms with Crippen molar-refractivity contribution in [3.05, 3.63) is 24.3 Å². The van der Waals surface area contributed by atoms with Crippen LogP contribution >= 0.6 is 0 Å². The Bertz CT molecular complexity index is 537. The molecule has 1 aromatic rings. The van der Waals surface area contributed by atoms with Crippen molar-refractivity contribution in [1.29, 1.82) is 0 Å². The van der Waals surface area contributed by atoms with Crippen molar-refractivity contribution in [3.8, 4) is 5.75 Å². The van der Waals surface area contributed by atoms with E-state index in [0.29, 0.717) is 38.3 Å². The molecule has 2 fully saturated rings. The monoisotopic (exact) mass is 320 g/mol. The normalized spacial score (nSPS) is 23.4. The second-order valence-corrected chi connectivity index (χ2v) is 6.20. The van der Waals surface area contributed by atoms with E-state index >= 15 is 0 Å². The molecular formula is C17H24N2O4. The Kier molecular flexibility index (Phi) is 5.15. The zero-order valence-corrected chi connectivity index (χ0v) is 13.3. The van der Waals surface area contributed by atoms with E-state index in [1.54, 1.807) is 0 Å². The molecule has 1 amide bonds. The number of amides is 1. The average Bonchev–Trinajstić information content (AvgIpc) is 3.07. The largest absolute Gasteiger partial charge is 0.491 e.